The van der Waals surface area contributed by atoms with Gasteiger partial charge in [0.2, 0.25) is 5.91 Å². The Bertz CT molecular complexity index is 1070. The molecule has 1 aromatic carbocycles. The molecule has 10 nitrogen and oxygen atoms in total. The van der Waals surface area contributed by atoms with E-state index in [1.807, 2.05) is 0 Å². The maximum absolute atomic E-state index is 12.9. The molecule has 1 aromatic heterocycles. The Labute approximate surface area is 210 Å². The highest BCUT2D eigenvalue weighted by molar-refractivity contribution is 6.01. The first kappa shape index (κ1) is 26.8. The highest BCUT2D eigenvalue weighted by Crippen LogP contribution is 2.20. The van der Waals surface area contributed by atoms with Crippen LogP contribution in [-0.4, -0.2) is 64.4 Å². The van der Waals surface area contributed by atoms with Gasteiger partial charge in [-0.15, -0.1) is 0 Å². The van der Waals surface area contributed by atoms with E-state index in [-0.39, 0.29) is 36.7 Å². The van der Waals surface area contributed by atoms with Crippen LogP contribution in [0, 0.1) is 5.92 Å². The summed E-state index contributed by atoms with van der Waals surface area (Å²) in [5.74, 6) is -1.19. The van der Waals surface area contributed by atoms with Gasteiger partial charge in [-0.1, -0.05) is 36.3 Å². The number of hydrogen-bond donors (Lipinski definition) is 2. The second-order valence-electron chi connectivity index (χ2n) is 8.84. The quantitative estimate of drug-likeness (QED) is 0.128. The molecule has 2 aromatic rings. The number of ether oxygens (including phenoxy) is 2. The predicted octanol–water partition coefficient (Wildman–Crippen LogP) is 2.70. The number of carbonyl (C=O) groups excluding carboxylic acids is 3. The van der Waals surface area contributed by atoms with Crippen LogP contribution in [0.3, 0.4) is 0 Å². The van der Waals surface area contributed by atoms with Gasteiger partial charge < -0.3 is 25.3 Å². The molecule has 1 fully saturated rings. The number of benzene rings is 1. The van der Waals surface area contributed by atoms with Crippen LogP contribution in [-0.2, 0) is 19.1 Å². The largest absolute Gasteiger partial charge is 0.456 e. The molecule has 2 heterocycles. The van der Waals surface area contributed by atoms with E-state index in [9.17, 15) is 14.4 Å². The van der Waals surface area contributed by atoms with Crippen molar-refractivity contribution >= 4 is 23.5 Å². The number of nitrogens with zero attached hydrogens (tertiary/aromatic N) is 3. The molecule has 192 valence electrons. The molecule has 0 radical (unpaired) electrons. The highest BCUT2D eigenvalue weighted by atomic mass is 16.6. The summed E-state index contributed by atoms with van der Waals surface area (Å²) >= 11 is 0. The number of ketones is 1. The number of pyridine rings is 1. The van der Waals surface area contributed by atoms with Crippen LogP contribution < -0.4 is 5.73 Å². The summed E-state index contributed by atoms with van der Waals surface area (Å²) in [4.78, 5) is 43.3. The van der Waals surface area contributed by atoms with Gasteiger partial charge >= 0.3 is 5.97 Å². The van der Waals surface area contributed by atoms with E-state index in [2.05, 4.69) is 10.1 Å². The fraction of sp³-hybridized carbons (Fsp3) is 0.423. The lowest BCUT2D eigenvalue weighted by Crippen LogP contribution is -2.43. The monoisotopic (exact) mass is 496 g/mol. The molecule has 1 aliphatic heterocycles. The summed E-state index contributed by atoms with van der Waals surface area (Å²) < 4.78 is 11.1. The van der Waals surface area contributed by atoms with Crippen molar-refractivity contribution in [2.24, 2.45) is 16.8 Å². The average molecular weight is 497 g/mol. The van der Waals surface area contributed by atoms with Gasteiger partial charge in [-0.2, -0.15) is 0 Å². The van der Waals surface area contributed by atoms with E-state index in [0.29, 0.717) is 37.1 Å². The number of esters is 1. The van der Waals surface area contributed by atoms with E-state index in [1.165, 1.54) is 0 Å². The fourth-order valence-electron chi connectivity index (χ4n) is 4.04. The number of nitrogens with two attached hydrogens (primary N) is 1. The number of amides is 1. The smallest absolute Gasteiger partial charge is 0.332 e. The summed E-state index contributed by atoms with van der Waals surface area (Å²) in [5.41, 5.74) is 7.36. The summed E-state index contributed by atoms with van der Waals surface area (Å²) in [6.45, 7) is 4.39. The molecule has 0 saturated carbocycles. The average Bonchev–Trinajstić information content (AvgIpc) is 2.91. The molecule has 36 heavy (non-hydrogen) atoms. The van der Waals surface area contributed by atoms with Crippen molar-refractivity contribution in [3.05, 3.63) is 65.5 Å². The van der Waals surface area contributed by atoms with Crippen molar-refractivity contribution < 1.29 is 29.1 Å². The molecular formula is C26H32N4O6. The predicted molar refractivity (Wildman–Crippen MR) is 131 cm³/mol. The zero-order valence-electron chi connectivity index (χ0n) is 20.5. The molecule has 3 rings (SSSR count). The van der Waals surface area contributed by atoms with E-state index < -0.39 is 18.0 Å². The number of oxime groups is 1. The van der Waals surface area contributed by atoms with Crippen LogP contribution in [0.15, 0.2) is 53.9 Å². The minimum Gasteiger partial charge on any atom is -0.456 e. The maximum atomic E-state index is 12.9. The molecule has 1 saturated heterocycles. The van der Waals surface area contributed by atoms with Crippen LogP contribution in [0.5, 0.6) is 0 Å². The van der Waals surface area contributed by atoms with Gasteiger partial charge in [-0.05, 0) is 37.5 Å². The Hall–Kier alpha value is -3.79. The third-order valence-electron chi connectivity index (χ3n) is 6.20. The second-order valence-corrected chi connectivity index (χ2v) is 8.84. The molecule has 3 N–H and O–H groups in total. The Morgan fingerprint density at radius 2 is 1.69 bits per heavy atom. The first-order chi connectivity index (χ1) is 17.3. The Morgan fingerprint density at radius 1 is 1.08 bits per heavy atom. The van der Waals surface area contributed by atoms with Gasteiger partial charge in [0.05, 0.1) is 6.10 Å². The van der Waals surface area contributed by atoms with Crippen LogP contribution in [0.2, 0.25) is 0 Å². The van der Waals surface area contributed by atoms with Crippen molar-refractivity contribution in [1.82, 2.24) is 9.88 Å². The van der Waals surface area contributed by atoms with Gasteiger partial charge in [0.15, 0.2) is 11.6 Å². The van der Waals surface area contributed by atoms with Crippen LogP contribution in [0.4, 0.5) is 0 Å². The first-order valence-electron chi connectivity index (χ1n) is 11.9. The van der Waals surface area contributed by atoms with E-state index in [0.717, 1.165) is 5.56 Å². The molecule has 0 spiro atoms. The molecule has 0 unspecified atom stereocenters. The minimum atomic E-state index is -0.469. The topological polar surface area (TPSA) is 144 Å². The molecule has 10 heteroatoms. The number of hydrogen-bond acceptors (Lipinski definition) is 8. The van der Waals surface area contributed by atoms with Crippen LogP contribution in [0.1, 0.15) is 60.7 Å². The van der Waals surface area contributed by atoms with Crippen molar-refractivity contribution in [3.63, 3.8) is 0 Å². The number of carbonyl (C=O) groups is 3. The molecule has 0 aliphatic carbocycles. The molecule has 0 bridgehead atoms. The number of likely N-dealkylation sites (tertiary alicyclic amines) is 1. The lowest BCUT2D eigenvalue weighted by molar-refractivity contribution is -0.157. The van der Waals surface area contributed by atoms with Crippen molar-refractivity contribution in [3.8, 4) is 0 Å². The first-order valence-corrected chi connectivity index (χ1v) is 11.9. The van der Waals surface area contributed by atoms with E-state index in [1.54, 1.807) is 67.5 Å². The molecule has 2 atom stereocenters. The molecule has 1 aliphatic rings. The van der Waals surface area contributed by atoms with Gasteiger partial charge in [0.25, 0.3) is 0 Å². The van der Waals surface area contributed by atoms with Crippen LogP contribution >= 0.6 is 0 Å². The number of amidine groups is 1. The normalized spacial score (nSPS) is 16.3. The molecular weight excluding hydrogens is 464 g/mol. The minimum absolute atomic E-state index is 0.0404. The Balaban J connectivity index is 1.39. The third-order valence-corrected chi connectivity index (χ3v) is 6.20. The lowest BCUT2D eigenvalue weighted by atomic mass is 9.96. The maximum Gasteiger partial charge on any atom is 0.332 e. The van der Waals surface area contributed by atoms with E-state index >= 15 is 0 Å². The standard InChI is InChI=1S/C26H32N4O6/c1-17(15-23(31)20-3-5-21(6-4-20)25(27)29-34)26(33)30-13-9-22(10-14-30)35-16-24(32)36-18(2)19-7-11-28-12-8-19/h3-8,11-12,17-18,22,34H,9-10,13-16H2,1-2H3,(H2,27,29)/t17-,18+/m1/s1. The summed E-state index contributed by atoms with van der Waals surface area (Å²) in [6.07, 6.45) is 4.06. The Morgan fingerprint density at radius 3 is 2.31 bits per heavy atom. The zero-order valence-corrected chi connectivity index (χ0v) is 20.5. The lowest BCUT2D eigenvalue weighted by Gasteiger charge is -2.33. The number of aromatic nitrogens is 1. The highest BCUT2D eigenvalue weighted by Gasteiger charge is 2.28. The van der Waals surface area contributed by atoms with Crippen molar-refractivity contribution in [1.29, 1.82) is 0 Å². The number of rotatable bonds is 10. The SMILES string of the molecule is C[C@H](CC(=O)c1ccc(/C(N)=N/O)cc1)C(=O)N1CCC(OCC(=O)O[C@@H](C)c2ccncc2)CC1. The van der Waals surface area contributed by atoms with Gasteiger partial charge in [-0.3, -0.25) is 14.6 Å². The van der Waals surface area contributed by atoms with Gasteiger partial charge in [-0.25, -0.2) is 4.79 Å². The second kappa shape index (κ2) is 12.8. The summed E-state index contributed by atoms with van der Waals surface area (Å²) in [7, 11) is 0. The van der Waals surface area contributed by atoms with Gasteiger partial charge in [0.1, 0.15) is 12.7 Å². The Kier molecular flexibility index (Phi) is 9.52. The zero-order chi connectivity index (χ0) is 26.1. The van der Waals surface area contributed by atoms with Gasteiger partial charge in [0, 0.05) is 48.9 Å². The number of piperidine rings is 1. The molecule has 1 amide bonds. The summed E-state index contributed by atoms with van der Waals surface area (Å²) in [6, 6.07) is 9.96. The number of Topliss-reactive ketones (excluding diaryl/α,β-unsaturated/α-hetero) is 1. The summed E-state index contributed by atoms with van der Waals surface area (Å²) in [5, 5.41) is 11.7. The van der Waals surface area contributed by atoms with Crippen LogP contribution in [0.25, 0.3) is 0 Å². The van der Waals surface area contributed by atoms with E-state index in [4.69, 9.17) is 20.4 Å². The van der Waals surface area contributed by atoms with Crippen molar-refractivity contribution in [2.75, 3.05) is 19.7 Å². The van der Waals surface area contributed by atoms with Crippen molar-refractivity contribution in [2.45, 2.75) is 45.3 Å². The third kappa shape index (κ3) is 7.35. The fourth-order valence-corrected chi connectivity index (χ4v) is 4.04.